The van der Waals surface area contributed by atoms with Crippen LogP contribution in [-0.2, 0) is 32.7 Å². The van der Waals surface area contributed by atoms with Gasteiger partial charge < -0.3 is 20.1 Å². The molecule has 2 atom stereocenters. The molecule has 0 amide bonds. The summed E-state index contributed by atoms with van der Waals surface area (Å²) in [6.07, 6.45) is 12.3. The van der Waals surface area contributed by atoms with E-state index in [0.717, 1.165) is 12.8 Å². The summed E-state index contributed by atoms with van der Waals surface area (Å²) in [6.45, 7) is 3.07. The quantitative estimate of drug-likeness (QED) is 0.129. The van der Waals surface area contributed by atoms with E-state index in [9.17, 15) is 19.0 Å². The molecule has 0 fully saturated rings. The predicted octanol–water partition coefficient (Wildman–Crippen LogP) is 4.64. The van der Waals surface area contributed by atoms with Gasteiger partial charge in [0, 0.05) is 19.4 Å². The van der Waals surface area contributed by atoms with Gasteiger partial charge in [0.15, 0.2) is 6.10 Å². The molecule has 3 N–H and O–H groups in total. The molecule has 0 radical (unpaired) electrons. The lowest BCUT2D eigenvalue weighted by atomic mass is 10.1. The Morgan fingerprint density at radius 3 is 1.94 bits per heavy atom. The first-order valence-corrected chi connectivity index (χ1v) is 13.5. The van der Waals surface area contributed by atoms with Crippen LogP contribution >= 0.6 is 7.82 Å². The normalized spacial score (nSPS) is 14.0. The van der Waals surface area contributed by atoms with Crippen LogP contribution < -0.4 is 5.73 Å². The van der Waals surface area contributed by atoms with E-state index >= 15 is 0 Å². The van der Waals surface area contributed by atoms with E-state index in [0.29, 0.717) is 6.42 Å². The zero-order chi connectivity index (χ0) is 24.1. The molecule has 9 nitrogen and oxygen atoms in total. The van der Waals surface area contributed by atoms with Crippen LogP contribution in [0.4, 0.5) is 0 Å². The van der Waals surface area contributed by atoms with Gasteiger partial charge in [-0.1, -0.05) is 78.1 Å². The number of rotatable bonds is 22. The largest absolute Gasteiger partial charge is 0.472 e. The number of carbonyl (C=O) groups excluding carboxylic acids is 2. The Bertz CT molecular complexity index is 532. The first kappa shape index (κ1) is 31.0. The number of ether oxygens (including phenoxy) is 2. The first-order chi connectivity index (χ1) is 15.3. The maximum atomic E-state index is 12.1. The number of unbranched alkanes of at least 4 members (excludes halogenated alkanes) is 10. The average Bonchev–Trinajstić information content (AvgIpc) is 2.77. The van der Waals surface area contributed by atoms with E-state index in [1.54, 1.807) is 6.92 Å². The van der Waals surface area contributed by atoms with E-state index in [-0.39, 0.29) is 32.6 Å². The van der Waals surface area contributed by atoms with Gasteiger partial charge in [0.05, 0.1) is 13.2 Å². The summed E-state index contributed by atoms with van der Waals surface area (Å²) in [5.41, 5.74) is 5.23. The number of nitrogens with two attached hydrogens (primary N) is 1. The van der Waals surface area contributed by atoms with Gasteiger partial charge in [-0.05, 0) is 6.42 Å². The molecule has 0 rings (SSSR count). The van der Waals surface area contributed by atoms with Crippen LogP contribution in [0.5, 0.6) is 0 Å². The Morgan fingerprint density at radius 1 is 0.844 bits per heavy atom. The highest BCUT2D eigenvalue weighted by Crippen LogP contribution is 2.43. The second-order valence-electron chi connectivity index (χ2n) is 7.82. The van der Waals surface area contributed by atoms with Gasteiger partial charge in [-0.15, -0.1) is 0 Å². The van der Waals surface area contributed by atoms with Crippen molar-refractivity contribution < 1.29 is 37.6 Å². The van der Waals surface area contributed by atoms with Crippen molar-refractivity contribution in [3.63, 3.8) is 0 Å². The van der Waals surface area contributed by atoms with Crippen LogP contribution in [0.25, 0.3) is 0 Å². The van der Waals surface area contributed by atoms with Crippen LogP contribution in [-0.4, -0.2) is 49.3 Å². The minimum absolute atomic E-state index is 0.0550. The number of hydrogen-bond donors (Lipinski definition) is 2. The molecule has 32 heavy (non-hydrogen) atoms. The Morgan fingerprint density at radius 2 is 1.41 bits per heavy atom. The van der Waals surface area contributed by atoms with Crippen molar-refractivity contribution in [2.24, 2.45) is 5.73 Å². The summed E-state index contributed by atoms with van der Waals surface area (Å²) in [5.74, 6) is -0.930. The fourth-order valence-electron chi connectivity index (χ4n) is 2.97. The monoisotopic (exact) mass is 481 g/mol. The van der Waals surface area contributed by atoms with Crippen LogP contribution in [0, 0.1) is 0 Å². The Labute approximate surface area is 193 Å². The number of carbonyl (C=O) groups is 2. The second-order valence-corrected chi connectivity index (χ2v) is 9.27. The molecule has 0 saturated carbocycles. The van der Waals surface area contributed by atoms with Gasteiger partial charge in [-0.2, -0.15) is 0 Å². The van der Waals surface area contributed by atoms with Crippen LogP contribution in [0.1, 0.15) is 97.3 Å². The second kappa shape index (κ2) is 20.6. The minimum atomic E-state index is -4.32. The molecule has 10 heteroatoms. The molecule has 0 aliphatic carbocycles. The molecule has 0 aliphatic rings. The number of phosphoric acid groups is 1. The highest BCUT2D eigenvalue weighted by Gasteiger charge is 2.25. The number of phosphoric ester groups is 1. The lowest BCUT2D eigenvalue weighted by Crippen LogP contribution is -2.29. The molecule has 2 unspecified atom stereocenters. The van der Waals surface area contributed by atoms with Crippen molar-refractivity contribution in [1.82, 2.24) is 0 Å². The minimum Gasteiger partial charge on any atom is -0.462 e. The van der Waals surface area contributed by atoms with Gasteiger partial charge in [-0.25, -0.2) is 4.57 Å². The smallest absolute Gasteiger partial charge is 0.462 e. The van der Waals surface area contributed by atoms with Gasteiger partial charge in [0.2, 0.25) is 0 Å². The first-order valence-electron chi connectivity index (χ1n) is 12.0. The fourth-order valence-corrected chi connectivity index (χ4v) is 3.73. The fraction of sp³-hybridized carbons (Fsp3) is 0.909. The summed E-state index contributed by atoms with van der Waals surface area (Å²) in [5, 5.41) is 0. The highest BCUT2D eigenvalue weighted by atomic mass is 31.2. The topological polar surface area (TPSA) is 134 Å². The van der Waals surface area contributed by atoms with Crippen LogP contribution in [0.2, 0.25) is 0 Å². The summed E-state index contributed by atoms with van der Waals surface area (Å²) < 4.78 is 31.5. The van der Waals surface area contributed by atoms with Gasteiger partial charge in [0.1, 0.15) is 6.61 Å². The van der Waals surface area contributed by atoms with Crippen molar-refractivity contribution in [2.75, 3.05) is 26.4 Å². The van der Waals surface area contributed by atoms with Gasteiger partial charge >= 0.3 is 19.8 Å². The maximum Gasteiger partial charge on any atom is 0.472 e. The summed E-state index contributed by atoms with van der Waals surface area (Å²) in [6, 6.07) is 0. The molecule has 0 heterocycles. The van der Waals surface area contributed by atoms with Crippen molar-refractivity contribution in [3.8, 4) is 0 Å². The molecular formula is C22H44NO8P. The third-order valence-corrected chi connectivity index (χ3v) is 5.78. The van der Waals surface area contributed by atoms with Gasteiger partial charge in [-0.3, -0.25) is 18.6 Å². The Hall–Kier alpha value is -0.990. The summed E-state index contributed by atoms with van der Waals surface area (Å²) >= 11 is 0. The van der Waals surface area contributed by atoms with Crippen molar-refractivity contribution >= 4 is 19.8 Å². The third kappa shape index (κ3) is 19.7. The van der Waals surface area contributed by atoms with E-state index in [4.69, 9.17) is 19.7 Å². The molecule has 0 aromatic carbocycles. The molecule has 0 saturated heterocycles. The Balaban J connectivity index is 4.11. The lowest BCUT2D eigenvalue weighted by molar-refractivity contribution is -0.161. The zero-order valence-electron chi connectivity index (χ0n) is 19.9. The van der Waals surface area contributed by atoms with Crippen molar-refractivity contribution in [1.29, 1.82) is 0 Å². The van der Waals surface area contributed by atoms with E-state index in [1.807, 2.05) is 0 Å². The average molecular weight is 482 g/mol. The molecule has 0 bridgehead atoms. The number of esters is 2. The zero-order valence-corrected chi connectivity index (χ0v) is 20.8. The Kier molecular flexibility index (Phi) is 20.0. The van der Waals surface area contributed by atoms with Crippen LogP contribution in [0.3, 0.4) is 0 Å². The van der Waals surface area contributed by atoms with Gasteiger partial charge in [0.25, 0.3) is 0 Å². The number of hydrogen-bond acceptors (Lipinski definition) is 8. The predicted molar refractivity (Wildman–Crippen MR) is 123 cm³/mol. The molecule has 0 spiro atoms. The standard InChI is InChI=1S/C22H44NO8P/c1-3-5-6-7-8-9-10-11-12-13-14-15-22(25)31-20(18-28-21(24)4-2)19-30-32(26,27)29-17-16-23/h20H,3-19,23H2,1-2H3,(H,26,27). The summed E-state index contributed by atoms with van der Waals surface area (Å²) in [7, 11) is -4.32. The van der Waals surface area contributed by atoms with Crippen molar-refractivity contribution in [3.05, 3.63) is 0 Å². The highest BCUT2D eigenvalue weighted by molar-refractivity contribution is 7.47. The third-order valence-electron chi connectivity index (χ3n) is 4.80. The molecule has 0 aromatic rings. The SMILES string of the molecule is CCCCCCCCCCCCCC(=O)OC(COC(=O)CC)COP(=O)(O)OCCN. The van der Waals surface area contributed by atoms with E-state index < -0.39 is 32.5 Å². The van der Waals surface area contributed by atoms with Crippen molar-refractivity contribution in [2.45, 2.75) is 103 Å². The molecule has 0 aliphatic heterocycles. The summed E-state index contributed by atoms with van der Waals surface area (Å²) in [4.78, 5) is 33.1. The lowest BCUT2D eigenvalue weighted by Gasteiger charge is -2.19. The maximum absolute atomic E-state index is 12.1. The van der Waals surface area contributed by atoms with E-state index in [2.05, 4.69) is 11.4 Å². The molecular weight excluding hydrogens is 437 g/mol. The van der Waals surface area contributed by atoms with E-state index in [1.165, 1.54) is 51.4 Å². The van der Waals surface area contributed by atoms with Crippen LogP contribution in [0.15, 0.2) is 0 Å². The molecule has 0 aromatic heterocycles. The molecule has 190 valence electrons.